The fraction of sp³-hybridized carbons (Fsp3) is 0.438. The molecule has 0 unspecified atom stereocenters. The van der Waals surface area contributed by atoms with Gasteiger partial charge in [-0.15, -0.1) is 0 Å². The van der Waals surface area contributed by atoms with Crippen LogP contribution in [0.15, 0.2) is 42.5 Å². The molecule has 1 aromatic heterocycles. The molecule has 0 N–H and O–H groups in total. The second-order valence-corrected chi connectivity index (χ2v) is 17.7. The molecule has 0 saturated heterocycles. The molecule has 0 atom stereocenters. The Balaban J connectivity index is 1.42. The maximum absolute atomic E-state index is 14.1. The Bertz CT molecular complexity index is 1580. The molecule has 3 heterocycles. The SMILES string of the molecule is CCOC(=O)c1nn(-c2cccc(Cl)c2)c2c1CCN(c1ccc3c(c1)C(=O)N(CCO[Si](C)(C)C(C)(C)C)CC3)C2=O. The van der Waals surface area contributed by atoms with E-state index in [1.807, 2.05) is 23.1 Å². The highest BCUT2D eigenvalue weighted by atomic mass is 35.5. The summed E-state index contributed by atoms with van der Waals surface area (Å²) >= 11 is 6.25. The van der Waals surface area contributed by atoms with E-state index >= 15 is 0 Å². The molecular weight excluding hydrogens is 584 g/mol. The summed E-state index contributed by atoms with van der Waals surface area (Å²) in [4.78, 5) is 44.0. The van der Waals surface area contributed by atoms with Gasteiger partial charge in [0.1, 0.15) is 5.69 Å². The van der Waals surface area contributed by atoms with Crippen LogP contribution in [0.1, 0.15) is 70.2 Å². The largest absolute Gasteiger partial charge is 0.461 e. The highest BCUT2D eigenvalue weighted by Crippen LogP contribution is 2.37. The Hall–Kier alpha value is -3.47. The van der Waals surface area contributed by atoms with Gasteiger partial charge in [-0.1, -0.05) is 44.5 Å². The minimum atomic E-state index is -1.92. The number of hydrogen-bond donors (Lipinski definition) is 0. The summed E-state index contributed by atoms with van der Waals surface area (Å²) < 4.78 is 13.0. The van der Waals surface area contributed by atoms with Gasteiger partial charge in [-0.05, 0) is 73.8 Å². The molecule has 0 aliphatic carbocycles. The summed E-state index contributed by atoms with van der Waals surface area (Å²) in [5.41, 5.74) is 3.70. The van der Waals surface area contributed by atoms with Gasteiger partial charge < -0.3 is 19.0 Å². The first kappa shape index (κ1) is 31.0. The van der Waals surface area contributed by atoms with Crippen molar-refractivity contribution in [3.8, 4) is 5.69 Å². The van der Waals surface area contributed by atoms with Gasteiger partial charge in [0.2, 0.25) is 0 Å². The molecule has 9 nitrogen and oxygen atoms in total. The van der Waals surface area contributed by atoms with Crippen molar-refractivity contribution in [1.82, 2.24) is 14.7 Å². The number of fused-ring (bicyclic) bond motifs is 2. The van der Waals surface area contributed by atoms with Gasteiger partial charge in [0, 0.05) is 41.5 Å². The fourth-order valence-corrected chi connectivity index (χ4v) is 6.50. The molecule has 2 aromatic carbocycles. The van der Waals surface area contributed by atoms with Crippen molar-refractivity contribution in [3.05, 3.63) is 75.6 Å². The average Bonchev–Trinajstić information content (AvgIpc) is 3.35. The van der Waals surface area contributed by atoms with Crippen LogP contribution in [0.3, 0.4) is 0 Å². The van der Waals surface area contributed by atoms with Gasteiger partial charge >= 0.3 is 5.97 Å². The van der Waals surface area contributed by atoms with Crippen molar-refractivity contribution >= 4 is 43.4 Å². The molecule has 0 saturated carbocycles. The Kier molecular flexibility index (Phi) is 8.57. The van der Waals surface area contributed by atoms with E-state index in [1.165, 1.54) is 4.68 Å². The summed E-state index contributed by atoms with van der Waals surface area (Å²) in [6.45, 7) is 14.9. The molecule has 5 rings (SSSR count). The number of carbonyl (C=O) groups is 3. The number of carbonyl (C=O) groups excluding carboxylic acids is 3. The predicted octanol–water partition coefficient (Wildman–Crippen LogP) is 5.93. The van der Waals surface area contributed by atoms with Crippen LogP contribution in [0.4, 0.5) is 5.69 Å². The van der Waals surface area contributed by atoms with Crippen molar-refractivity contribution in [2.24, 2.45) is 0 Å². The van der Waals surface area contributed by atoms with Crippen LogP contribution < -0.4 is 4.90 Å². The van der Waals surface area contributed by atoms with E-state index in [4.69, 9.17) is 20.8 Å². The van der Waals surface area contributed by atoms with E-state index in [9.17, 15) is 14.4 Å². The molecule has 0 spiro atoms. The van der Waals surface area contributed by atoms with E-state index in [2.05, 4.69) is 39.0 Å². The third-order valence-electron chi connectivity index (χ3n) is 8.74. The fourth-order valence-electron chi connectivity index (χ4n) is 5.28. The monoisotopic (exact) mass is 622 g/mol. The molecule has 228 valence electrons. The minimum Gasteiger partial charge on any atom is -0.461 e. The zero-order chi connectivity index (χ0) is 31.1. The molecule has 0 radical (unpaired) electrons. The van der Waals surface area contributed by atoms with Crippen LogP contribution in [0.5, 0.6) is 0 Å². The summed E-state index contributed by atoms with van der Waals surface area (Å²) in [6.07, 6.45) is 1.14. The van der Waals surface area contributed by atoms with Crippen LogP contribution in [-0.4, -0.2) is 73.6 Å². The lowest BCUT2D eigenvalue weighted by Gasteiger charge is -2.37. The summed E-state index contributed by atoms with van der Waals surface area (Å²) in [7, 11) is -1.92. The third-order valence-corrected chi connectivity index (χ3v) is 13.5. The lowest BCUT2D eigenvalue weighted by molar-refractivity contribution is 0.0517. The van der Waals surface area contributed by atoms with Gasteiger partial charge in [0.25, 0.3) is 11.8 Å². The first-order chi connectivity index (χ1) is 20.3. The maximum Gasteiger partial charge on any atom is 0.359 e. The minimum absolute atomic E-state index is 0.0550. The normalized spacial score (nSPS) is 15.4. The van der Waals surface area contributed by atoms with Crippen molar-refractivity contribution < 1.29 is 23.5 Å². The Morgan fingerprint density at radius 1 is 1.02 bits per heavy atom. The van der Waals surface area contributed by atoms with Crippen molar-refractivity contribution in [2.45, 2.75) is 58.7 Å². The van der Waals surface area contributed by atoms with Gasteiger partial charge in [-0.25, -0.2) is 9.48 Å². The van der Waals surface area contributed by atoms with Crippen LogP contribution in [0, 0.1) is 0 Å². The Labute approximate surface area is 258 Å². The number of amides is 2. The van der Waals surface area contributed by atoms with Crippen molar-refractivity contribution in [1.29, 1.82) is 0 Å². The molecule has 3 aromatic rings. The quantitative estimate of drug-likeness (QED) is 0.228. The Morgan fingerprint density at radius 3 is 2.49 bits per heavy atom. The van der Waals surface area contributed by atoms with E-state index in [1.54, 1.807) is 36.1 Å². The van der Waals surface area contributed by atoms with Crippen LogP contribution >= 0.6 is 11.6 Å². The molecule has 43 heavy (non-hydrogen) atoms. The van der Waals surface area contributed by atoms with E-state index in [0.29, 0.717) is 60.2 Å². The smallest absolute Gasteiger partial charge is 0.359 e. The molecule has 0 bridgehead atoms. The topological polar surface area (TPSA) is 94.0 Å². The van der Waals surface area contributed by atoms with E-state index in [-0.39, 0.29) is 34.8 Å². The molecule has 0 fully saturated rings. The predicted molar refractivity (Wildman–Crippen MR) is 169 cm³/mol. The average molecular weight is 623 g/mol. The first-order valence-electron chi connectivity index (χ1n) is 14.8. The molecular formula is C32H39ClN4O5Si. The number of anilines is 1. The second-order valence-electron chi connectivity index (χ2n) is 12.5. The molecule has 2 aliphatic heterocycles. The molecule has 2 aliphatic rings. The van der Waals surface area contributed by atoms with E-state index < -0.39 is 14.3 Å². The van der Waals surface area contributed by atoms with Gasteiger partial charge in [0.15, 0.2) is 14.0 Å². The van der Waals surface area contributed by atoms with Gasteiger partial charge in [0.05, 0.1) is 18.9 Å². The molecule has 11 heteroatoms. The number of halogens is 1. The zero-order valence-corrected chi connectivity index (χ0v) is 27.5. The Morgan fingerprint density at radius 2 is 1.79 bits per heavy atom. The van der Waals surface area contributed by atoms with Gasteiger partial charge in [-0.3, -0.25) is 9.59 Å². The number of nitrogens with zero attached hydrogens (tertiary/aromatic N) is 4. The highest BCUT2D eigenvalue weighted by molar-refractivity contribution is 6.74. The number of hydrogen-bond acceptors (Lipinski definition) is 6. The van der Waals surface area contributed by atoms with Crippen LogP contribution in [0.25, 0.3) is 5.69 Å². The van der Waals surface area contributed by atoms with Gasteiger partial charge in [-0.2, -0.15) is 5.10 Å². The standard InChI is InChI=1S/C32H39ClN4O5Si/c1-7-41-31(40)27-25-14-16-36(30(39)28(25)37(34-27)24-10-8-9-22(33)19-24)23-12-11-21-13-15-35(29(38)26(21)20-23)17-18-42-43(5,6)32(2,3)4/h8-12,19-20H,7,13-18H2,1-6H3. The summed E-state index contributed by atoms with van der Waals surface area (Å²) in [6, 6.07) is 12.6. The number of ether oxygens (including phenoxy) is 1. The lowest BCUT2D eigenvalue weighted by Crippen LogP contribution is -2.45. The summed E-state index contributed by atoms with van der Waals surface area (Å²) in [5, 5.41) is 5.10. The van der Waals surface area contributed by atoms with Crippen LogP contribution in [0.2, 0.25) is 23.2 Å². The van der Waals surface area contributed by atoms with Crippen molar-refractivity contribution in [3.63, 3.8) is 0 Å². The van der Waals surface area contributed by atoms with Crippen molar-refractivity contribution in [2.75, 3.05) is 37.7 Å². The zero-order valence-electron chi connectivity index (χ0n) is 25.7. The molecule has 2 amide bonds. The lowest BCUT2D eigenvalue weighted by atomic mass is 9.96. The first-order valence-corrected chi connectivity index (χ1v) is 18.0. The van der Waals surface area contributed by atoms with Crippen LogP contribution in [-0.2, 0) is 22.0 Å². The number of rotatable bonds is 8. The number of benzene rings is 2. The number of aromatic nitrogens is 2. The van der Waals surface area contributed by atoms with E-state index in [0.717, 1.165) is 12.0 Å². The second kappa shape index (κ2) is 11.9. The summed E-state index contributed by atoms with van der Waals surface area (Å²) in [5.74, 6) is -0.939. The highest BCUT2D eigenvalue weighted by Gasteiger charge is 2.38. The maximum atomic E-state index is 14.1. The third kappa shape index (κ3) is 6.00. The number of esters is 1.